The van der Waals surface area contributed by atoms with E-state index in [1.165, 1.54) is 23.1 Å². The first kappa shape index (κ1) is 55.1. The number of pyridine rings is 1. The van der Waals surface area contributed by atoms with Gasteiger partial charge in [0.2, 0.25) is 24.5 Å². The number of fused-ring (bicyclic) bond motifs is 1. The molecule has 0 aliphatic carbocycles. The van der Waals surface area contributed by atoms with Crippen molar-refractivity contribution in [2.24, 2.45) is 11.7 Å². The number of rotatable bonds is 25. The minimum Gasteiger partial charge on any atom is -0.454 e. The molecule has 8 amide bonds. The van der Waals surface area contributed by atoms with Crippen molar-refractivity contribution < 1.29 is 56.6 Å². The number of nitrogens with zero attached hydrogens (tertiary/aromatic N) is 4. The largest absolute Gasteiger partial charge is 0.454 e. The molecule has 0 bridgehead atoms. The number of ether oxygens (including phenoxy) is 3. The van der Waals surface area contributed by atoms with Crippen LogP contribution in [0, 0.1) is 24.5 Å². The van der Waals surface area contributed by atoms with Crippen molar-refractivity contribution in [3.63, 3.8) is 0 Å². The van der Waals surface area contributed by atoms with Crippen molar-refractivity contribution in [2.45, 2.75) is 91.0 Å². The third-order valence-electron chi connectivity index (χ3n) is 12.5. The molecule has 0 radical (unpaired) electrons. The minimum atomic E-state index is -1.11. The molecule has 0 fully saturated rings. The van der Waals surface area contributed by atoms with Gasteiger partial charge in [0.25, 0.3) is 11.8 Å². The van der Waals surface area contributed by atoms with Crippen molar-refractivity contribution >= 4 is 47.3 Å². The monoisotopic (exact) mass is 1050 g/mol. The van der Waals surface area contributed by atoms with E-state index in [1.54, 1.807) is 50.2 Å². The highest BCUT2D eigenvalue weighted by Crippen LogP contribution is 2.38. The van der Waals surface area contributed by atoms with E-state index in [0.717, 1.165) is 22.7 Å². The Bertz CT molecular complexity index is 2930. The van der Waals surface area contributed by atoms with E-state index in [9.17, 15) is 42.3 Å². The number of benzene rings is 3. The predicted molar refractivity (Wildman–Crippen MR) is 274 cm³/mol. The fraction of sp³-hybridized carbons (Fsp3) is 0.352. The third-order valence-corrected chi connectivity index (χ3v) is 12.5. The Kier molecular flexibility index (Phi) is 18.8. The Labute approximate surface area is 437 Å². The molecule has 0 saturated carbocycles. The number of aromatic nitrogens is 3. The summed E-state index contributed by atoms with van der Waals surface area (Å²) in [4.78, 5) is 105. The van der Waals surface area contributed by atoms with E-state index in [1.807, 2.05) is 31.2 Å². The molecule has 76 heavy (non-hydrogen) atoms. The highest BCUT2D eigenvalue weighted by molar-refractivity contribution is 6.12. The molecule has 4 heterocycles. The SMILES string of the molecule is Cc1cccc(-c2[nH]c(CN(CCc3c(F)cccc3F)C(=O)OCc3ccc(NC(=O)C(CCCNC(N)=O)NC(=O)C(NC(=O)CCCCCN4C(=O)C=CC4=O)C(C)C)cc3)nc2-c2ccc3c(c2)OCO3)n1. The summed E-state index contributed by atoms with van der Waals surface area (Å²) in [6.07, 6.45) is 3.39. The highest BCUT2D eigenvalue weighted by Gasteiger charge is 2.30. The Morgan fingerprint density at radius 1 is 0.855 bits per heavy atom. The number of H-pyrrole nitrogens is 1. The molecular formula is C54H60F2N10O10. The first-order valence-electron chi connectivity index (χ1n) is 24.9. The number of nitrogens with one attached hydrogen (secondary N) is 5. The summed E-state index contributed by atoms with van der Waals surface area (Å²) < 4.78 is 46.6. The molecule has 2 unspecified atom stereocenters. The highest BCUT2D eigenvalue weighted by atomic mass is 19.1. The average molecular weight is 1050 g/mol. The van der Waals surface area contributed by atoms with Gasteiger partial charge in [0, 0.05) is 60.7 Å². The molecule has 2 aliphatic rings. The number of imide groups is 1. The maximum Gasteiger partial charge on any atom is 0.410 e. The smallest absolute Gasteiger partial charge is 0.410 e. The number of urea groups is 1. The van der Waals surface area contributed by atoms with Gasteiger partial charge in [0.15, 0.2) is 11.5 Å². The van der Waals surface area contributed by atoms with E-state index in [4.69, 9.17) is 29.9 Å². The molecule has 2 aromatic heterocycles. The number of carbonyl (C=O) groups excluding carboxylic acids is 7. The second-order valence-electron chi connectivity index (χ2n) is 18.5. The Balaban J connectivity index is 0.994. The molecule has 3 aromatic carbocycles. The lowest BCUT2D eigenvalue weighted by Gasteiger charge is -2.25. The molecule has 400 valence electrons. The zero-order valence-corrected chi connectivity index (χ0v) is 42.3. The first-order valence-corrected chi connectivity index (χ1v) is 24.9. The number of imidazole rings is 1. The van der Waals surface area contributed by atoms with Crippen LogP contribution in [0.1, 0.15) is 75.0 Å². The maximum atomic E-state index is 14.9. The number of primary amides is 1. The van der Waals surface area contributed by atoms with E-state index in [-0.39, 0.29) is 94.5 Å². The van der Waals surface area contributed by atoms with Gasteiger partial charge in [-0.15, -0.1) is 0 Å². The summed E-state index contributed by atoms with van der Waals surface area (Å²) in [5.74, 6) is -2.77. The predicted octanol–water partition coefficient (Wildman–Crippen LogP) is 6.33. The van der Waals surface area contributed by atoms with Crippen LogP contribution in [0.25, 0.3) is 22.6 Å². The number of hydrogen-bond donors (Lipinski definition) is 6. The lowest BCUT2D eigenvalue weighted by Crippen LogP contribution is -2.54. The second kappa shape index (κ2) is 26.0. The zero-order chi connectivity index (χ0) is 54.3. The van der Waals surface area contributed by atoms with Crippen molar-refractivity contribution in [3.05, 3.63) is 125 Å². The standard InChI is InChI=1S/C54H60F2N10O10/c1-32(2)48(64-45(67)15-5-4-6-26-66-46(68)22-23-47(66)69)52(71)61-41(14-9-25-58-53(57)72)51(70)60-36-19-16-34(17-20-36)30-74-54(73)65(27-24-37-38(55)11-8-12-39(37)56)29-44-62-49(35-18-21-42-43(28-35)76-31-75-42)50(63-44)40-13-7-10-33(3)59-40/h7-8,10-13,16-23,28,32,41,48H,4-6,9,14-15,24-27,29-31H2,1-3H3,(H,60,70)(H,61,71)(H,62,63)(H,64,67)(H3,57,58,72). The summed E-state index contributed by atoms with van der Waals surface area (Å²) in [5, 5.41) is 10.8. The first-order chi connectivity index (χ1) is 36.5. The van der Waals surface area contributed by atoms with Crippen molar-refractivity contribution in [1.82, 2.24) is 40.7 Å². The van der Waals surface area contributed by atoms with Crippen LogP contribution in [0.2, 0.25) is 0 Å². The maximum absolute atomic E-state index is 14.9. The van der Waals surface area contributed by atoms with Gasteiger partial charge in [-0.1, -0.05) is 44.5 Å². The van der Waals surface area contributed by atoms with Crippen LogP contribution in [0.5, 0.6) is 11.5 Å². The van der Waals surface area contributed by atoms with Gasteiger partial charge in [-0.25, -0.2) is 23.4 Å². The number of hydrogen-bond acceptors (Lipinski definition) is 12. The summed E-state index contributed by atoms with van der Waals surface area (Å²) >= 11 is 0. The summed E-state index contributed by atoms with van der Waals surface area (Å²) in [6.45, 7) is 5.23. The number of unbranched alkanes of at least 4 members (excludes halogenated alkanes) is 2. The topological polar surface area (TPSA) is 269 Å². The van der Waals surface area contributed by atoms with Gasteiger partial charge < -0.3 is 51.1 Å². The van der Waals surface area contributed by atoms with Gasteiger partial charge in [0.05, 0.1) is 23.6 Å². The Morgan fingerprint density at radius 3 is 2.29 bits per heavy atom. The fourth-order valence-electron chi connectivity index (χ4n) is 8.41. The van der Waals surface area contributed by atoms with Gasteiger partial charge in [0.1, 0.15) is 36.1 Å². The summed E-state index contributed by atoms with van der Waals surface area (Å²) in [5.41, 5.74) is 8.97. The van der Waals surface area contributed by atoms with Crippen LogP contribution in [0.4, 0.5) is 24.1 Å². The van der Waals surface area contributed by atoms with Crippen LogP contribution in [-0.2, 0) is 48.3 Å². The molecule has 7 N–H and O–H groups in total. The molecule has 2 aliphatic heterocycles. The van der Waals surface area contributed by atoms with E-state index in [2.05, 4.69) is 26.3 Å². The molecule has 0 spiro atoms. The lowest BCUT2D eigenvalue weighted by atomic mass is 10.0. The molecule has 5 aromatic rings. The Morgan fingerprint density at radius 2 is 1.58 bits per heavy atom. The quantitative estimate of drug-likeness (QED) is 0.0277. The van der Waals surface area contributed by atoms with Gasteiger partial charge in [-0.05, 0) is 105 Å². The number of aromatic amines is 1. The number of anilines is 1. The van der Waals surface area contributed by atoms with Gasteiger partial charge in [-0.2, -0.15) is 0 Å². The summed E-state index contributed by atoms with van der Waals surface area (Å²) in [7, 11) is 0. The molecule has 7 rings (SSSR count). The van der Waals surface area contributed by atoms with Gasteiger partial charge in [-0.3, -0.25) is 33.9 Å². The minimum absolute atomic E-state index is 0.0729. The number of carbonyl (C=O) groups is 7. The average Bonchev–Trinajstić information content (AvgIpc) is 4.13. The number of nitrogens with two attached hydrogens (primary N) is 1. The van der Waals surface area contributed by atoms with Crippen molar-refractivity contribution in [3.8, 4) is 34.1 Å². The van der Waals surface area contributed by atoms with Gasteiger partial charge >= 0.3 is 12.1 Å². The second-order valence-corrected chi connectivity index (χ2v) is 18.5. The number of halogens is 2. The van der Waals surface area contributed by atoms with Crippen LogP contribution < -0.4 is 36.5 Å². The zero-order valence-electron chi connectivity index (χ0n) is 42.3. The van der Waals surface area contributed by atoms with E-state index < -0.39 is 47.7 Å². The molecule has 0 saturated heterocycles. The molecular weight excluding hydrogens is 987 g/mol. The van der Waals surface area contributed by atoms with Crippen LogP contribution >= 0.6 is 0 Å². The lowest BCUT2D eigenvalue weighted by molar-refractivity contribution is -0.137. The van der Waals surface area contributed by atoms with Crippen molar-refractivity contribution in [2.75, 3.05) is 31.7 Å². The Hall–Kier alpha value is -8.69. The number of aryl methyl sites for hydroxylation is 1. The van der Waals surface area contributed by atoms with Crippen LogP contribution in [-0.4, -0.2) is 105 Å². The molecule has 22 heteroatoms. The molecule has 20 nitrogen and oxygen atoms in total. The fourth-order valence-corrected chi connectivity index (χ4v) is 8.41. The summed E-state index contributed by atoms with van der Waals surface area (Å²) in [6, 6.07) is 18.0. The normalized spacial score (nSPS) is 13.4. The number of amides is 8. The van der Waals surface area contributed by atoms with E-state index in [0.29, 0.717) is 70.5 Å². The van der Waals surface area contributed by atoms with E-state index >= 15 is 0 Å². The van der Waals surface area contributed by atoms with Crippen molar-refractivity contribution in [1.29, 1.82) is 0 Å². The molecule has 2 atom stereocenters. The van der Waals surface area contributed by atoms with Crippen LogP contribution in [0.3, 0.4) is 0 Å². The van der Waals surface area contributed by atoms with Crippen LogP contribution in [0.15, 0.2) is 91.0 Å². The third kappa shape index (κ3) is 15.0.